The number of aromatic nitrogens is 1. The van der Waals surface area contributed by atoms with E-state index in [0.717, 1.165) is 5.52 Å². The monoisotopic (exact) mass is 318 g/mol. The number of hydrogen-bond donors (Lipinski definition) is 1. The molecule has 0 saturated carbocycles. The number of fused-ring (bicyclic) bond motifs is 1. The van der Waals surface area contributed by atoms with Gasteiger partial charge in [-0.15, -0.1) is 11.3 Å². The zero-order chi connectivity index (χ0) is 17.1. The minimum absolute atomic E-state index is 0.0165. The highest BCUT2D eigenvalue weighted by atomic mass is 32.1. The molecule has 0 amide bonds. The van der Waals surface area contributed by atoms with Crippen molar-refractivity contribution in [2.75, 3.05) is 0 Å². The van der Waals surface area contributed by atoms with Crippen LogP contribution in [0.4, 0.5) is 0 Å². The predicted octanol–water partition coefficient (Wildman–Crippen LogP) is 5.39. The first-order valence-corrected chi connectivity index (χ1v) is 8.79. The van der Waals surface area contributed by atoms with Gasteiger partial charge in [0.15, 0.2) is 0 Å². The summed E-state index contributed by atoms with van der Waals surface area (Å²) in [6.07, 6.45) is 0. The van der Waals surface area contributed by atoms with E-state index in [4.69, 9.17) is 10.7 Å². The molecule has 0 aliphatic rings. The molecule has 2 N–H and O–H groups in total. The Labute approximate surface area is 139 Å². The molecule has 0 spiro atoms. The van der Waals surface area contributed by atoms with Crippen molar-refractivity contribution >= 4 is 21.6 Å². The second-order valence-corrected chi connectivity index (χ2v) is 10.2. The van der Waals surface area contributed by atoms with Crippen LogP contribution in [-0.2, 0) is 16.4 Å². The number of aryl methyl sites for hydroxylation is 1. The summed E-state index contributed by atoms with van der Waals surface area (Å²) in [5, 5.41) is 0. The number of nitrogens with two attached hydrogens (primary N) is 1. The van der Waals surface area contributed by atoms with Gasteiger partial charge in [-0.25, -0.2) is 0 Å². The molecule has 0 aliphatic carbocycles. The fourth-order valence-electron chi connectivity index (χ4n) is 3.04. The quantitative estimate of drug-likeness (QED) is 0.765. The van der Waals surface area contributed by atoms with Gasteiger partial charge in [-0.1, -0.05) is 41.5 Å². The SMILES string of the molecule is Cc1sc2cc(C(C)(C)C)c(C(C)(C)C)nc2c1C(C)(C)N. The van der Waals surface area contributed by atoms with E-state index in [0.29, 0.717) is 0 Å². The lowest BCUT2D eigenvalue weighted by Crippen LogP contribution is -2.30. The zero-order valence-corrected chi connectivity index (χ0v) is 16.3. The van der Waals surface area contributed by atoms with E-state index >= 15 is 0 Å². The number of nitrogens with zero attached hydrogens (tertiary/aromatic N) is 1. The van der Waals surface area contributed by atoms with E-state index < -0.39 is 0 Å². The van der Waals surface area contributed by atoms with Crippen LogP contribution < -0.4 is 5.73 Å². The summed E-state index contributed by atoms with van der Waals surface area (Å²) in [5.74, 6) is 0. The fraction of sp³-hybridized carbons (Fsp3) is 0.632. The maximum atomic E-state index is 6.42. The molecule has 0 bridgehead atoms. The molecule has 0 saturated heterocycles. The van der Waals surface area contributed by atoms with Crippen molar-refractivity contribution in [1.29, 1.82) is 0 Å². The van der Waals surface area contributed by atoms with Crippen molar-refractivity contribution in [2.45, 2.75) is 78.7 Å². The number of thiophene rings is 1. The van der Waals surface area contributed by atoms with Crippen molar-refractivity contribution in [2.24, 2.45) is 5.73 Å². The van der Waals surface area contributed by atoms with Gasteiger partial charge in [-0.2, -0.15) is 0 Å². The smallest absolute Gasteiger partial charge is 0.0866 e. The largest absolute Gasteiger partial charge is 0.322 e. The van der Waals surface area contributed by atoms with Crippen LogP contribution in [0.15, 0.2) is 6.07 Å². The molecule has 0 aromatic carbocycles. The predicted molar refractivity (Wildman–Crippen MR) is 99.0 cm³/mol. The normalized spacial score (nSPS) is 13.9. The molecule has 0 atom stereocenters. The first kappa shape index (κ1) is 17.4. The fourth-order valence-corrected chi connectivity index (χ4v) is 4.25. The van der Waals surface area contributed by atoms with Gasteiger partial charge in [0.1, 0.15) is 0 Å². The van der Waals surface area contributed by atoms with Crippen molar-refractivity contribution in [1.82, 2.24) is 4.98 Å². The van der Waals surface area contributed by atoms with Crippen LogP contribution >= 0.6 is 11.3 Å². The Morgan fingerprint density at radius 1 is 0.955 bits per heavy atom. The van der Waals surface area contributed by atoms with Crippen molar-refractivity contribution < 1.29 is 0 Å². The van der Waals surface area contributed by atoms with Crippen LogP contribution in [0.2, 0.25) is 0 Å². The molecule has 122 valence electrons. The van der Waals surface area contributed by atoms with Gasteiger partial charge in [-0.3, -0.25) is 4.98 Å². The van der Waals surface area contributed by atoms with Gasteiger partial charge in [0.05, 0.1) is 15.9 Å². The van der Waals surface area contributed by atoms with E-state index in [1.54, 1.807) is 0 Å². The number of rotatable bonds is 1. The van der Waals surface area contributed by atoms with Gasteiger partial charge in [-0.05, 0) is 37.8 Å². The molecule has 0 aliphatic heterocycles. The summed E-state index contributed by atoms with van der Waals surface area (Å²) in [6, 6.07) is 2.34. The summed E-state index contributed by atoms with van der Waals surface area (Å²) < 4.78 is 1.25. The molecule has 22 heavy (non-hydrogen) atoms. The topological polar surface area (TPSA) is 38.9 Å². The third kappa shape index (κ3) is 3.07. The molecular weight excluding hydrogens is 288 g/mol. The highest BCUT2D eigenvalue weighted by Gasteiger charge is 2.30. The summed E-state index contributed by atoms with van der Waals surface area (Å²) >= 11 is 1.81. The third-order valence-corrected chi connectivity index (χ3v) is 5.04. The molecular formula is C19H30N2S. The van der Waals surface area contributed by atoms with Crippen molar-refractivity contribution in [3.8, 4) is 0 Å². The van der Waals surface area contributed by atoms with Crippen LogP contribution in [0, 0.1) is 6.92 Å². The number of pyridine rings is 1. The van der Waals surface area contributed by atoms with Crippen LogP contribution in [0.25, 0.3) is 10.2 Å². The van der Waals surface area contributed by atoms with E-state index in [2.05, 4.69) is 68.4 Å². The Bertz CT molecular complexity index is 704. The first-order valence-electron chi connectivity index (χ1n) is 7.97. The molecule has 0 radical (unpaired) electrons. The Balaban J connectivity index is 2.92. The van der Waals surface area contributed by atoms with Crippen LogP contribution in [-0.4, -0.2) is 4.98 Å². The summed E-state index contributed by atoms with van der Waals surface area (Å²) in [5.41, 5.74) is 11.0. The van der Waals surface area contributed by atoms with Gasteiger partial charge in [0, 0.05) is 21.4 Å². The van der Waals surface area contributed by atoms with Gasteiger partial charge in [0.2, 0.25) is 0 Å². The van der Waals surface area contributed by atoms with Crippen LogP contribution in [0.3, 0.4) is 0 Å². The molecule has 2 aromatic heterocycles. The Morgan fingerprint density at radius 2 is 1.50 bits per heavy atom. The molecule has 2 nitrogen and oxygen atoms in total. The lowest BCUT2D eigenvalue weighted by Gasteiger charge is -2.29. The summed E-state index contributed by atoms with van der Waals surface area (Å²) in [4.78, 5) is 6.41. The van der Waals surface area contributed by atoms with Gasteiger partial charge in [0.25, 0.3) is 0 Å². The van der Waals surface area contributed by atoms with Crippen LogP contribution in [0.5, 0.6) is 0 Å². The molecule has 2 aromatic rings. The minimum Gasteiger partial charge on any atom is -0.322 e. The van der Waals surface area contributed by atoms with Gasteiger partial charge < -0.3 is 5.73 Å². The van der Waals surface area contributed by atoms with Crippen LogP contribution in [0.1, 0.15) is 77.1 Å². The minimum atomic E-state index is -0.367. The molecule has 3 heteroatoms. The second kappa shape index (κ2) is 5.04. The van der Waals surface area contributed by atoms with E-state index in [9.17, 15) is 0 Å². The molecule has 2 heterocycles. The summed E-state index contributed by atoms with van der Waals surface area (Å²) in [7, 11) is 0. The molecule has 2 rings (SSSR count). The first-order chi connectivity index (χ1) is 9.73. The summed E-state index contributed by atoms with van der Waals surface area (Å²) in [6.45, 7) is 19.8. The standard InChI is InChI=1S/C19H30N2S/c1-11-14(19(8,9)20)15-13(22-11)10-12(17(2,3)4)16(21-15)18(5,6)7/h10H,20H2,1-9H3. The highest BCUT2D eigenvalue weighted by molar-refractivity contribution is 7.19. The number of hydrogen-bond acceptors (Lipinski definition) is 3. The lowest BCUT2D eigenvalue weighted by atomic mass is 9.78. The third-order valence-electron chi connectivity index (χ3n) is 4.00. The Hall–Kier alpha value is -0.930. The maximum absolute atomic E-state index is 6.42. The van der Waals surface area contributed by atoms with E-state index in [1.807, 2.05) is 11.3 Å². The van der Waals surface area contributed by atoms with E-state index in [-0.39, 0.29) is 16.4 Å². The van der Waals surface area contributed by atoms with E-state index in [1.165, 1.54) is 26.4 Å². The van der Waals surface area contributed by atoms with Crippen molar-refractivity contribution in [3.05, 3.63) is 27.8 Å². The zero-order valence-electron chi connectivity index (χ0n) is 15.5. The lowest BCUT2D eigenvalue weighted by molar-refractivity contribution is 0.515. The second-order valence-electron chi connectivity index (χ2n) is 8.99. The average molecular weight is 319 g/mol. The Kier molecular flexibility index (Phi) is 3.99. The van der Waals surface area contributed by atoms with Gasteiger partial charge >= 0.3 is 0 Å². The molecule has 0 fully saturated rings. The average Bonchev–Trinajstić information content (AvgIpc) is 2.59. The highest BCUT2D eigenvalue weighted by Crippen LogP contribution is 2.41. The maximum Gasteiger partial charge on any atom is 0.0866 e. The Morgan fingerprint density at radius 3 is 1.91 bits per heavy atom. The molecule has 0 unspecified atom stereocenters. The van der Waals surface area contributed by atoms with Crippen molar-refractivity contribution in [3.63, 3.8) is 0 Å².